The van der Waals surface area contributed by atoms with E-state index < -0.39 is 16.7 Å². The molecule has 0 spiro atoms. The molecule has 1 atom stereocenters. The standard InChI is InChI=1S/C6H9P2.3ClH.Zr/c1-4-5(2)7-8-6(4)3;;;;/h1-3H3;3*1H;/q;;;;+3/p-3. The second-order valence-electron chi connectivity index (χ2n) is 2.98. The number of halogens is 3. The Labute approximate surface area is 91.5 Å². The zero-order chi connectivity index (χ0) is 9.57. The third kappa shape index (κ3) is 2.03. The van der Waals surface area contributed by atoms with Gasteiger partial charge in [0.05, 0.1) is 0 Å². The third-order valence-corrected chi connectivity index (χ3v) is 23.0. The molecule has 6 heteroatoms. The fourth-order valence-electron chi connectivity index (χ4n) is 0.947. The van der Waals surface area contributed by atoms with Crippen molar-refractivity contribution in [1.82, 2.24) is 0 Å². The van der Waals surface area contributed by atoms with E-state index >= 15 is 0 Å². The molecule has 0 radical (unpaired) electrons. The van der Waals surface area contributed by atoms with Gasteiger partial charge in [-0.15, -0.1) is 0 Å². The van der Waals surface area contributed by atoms with Crippen LogP contribution in [0.2, 0.25) is 0 Å². The molecule has 0 aromatic carbocycles. The first-order chi connectivity index (χ1) is 5.29. The number of rotatable bonds is 1. The quantitative estimate of drug-likeness (QED) is 0.558. The van der Waals surface area contributed by atoms with Crippen molar-refractivity contribution < 1.29 is 16.7 Å². The van der Waals surface area contributed by atoms with Crippen molar-refractivity contribution in [3.05, 3.63) is 10.9 Å². The van der Waals surface area contributed by atoms with Gasteiger partial charge < -0.3 is 0 Å². The monoisotopic (exact) mass is 338 g/mol. The second-order valence-corrected chi connectivity index (χ2v) is 25.6. The van der Waals surface area contributed by atoms with Crippen LogP contribution < -0.4 is 0 Å². The molecule has 0 N–H and O–H groups in total. The summed E-state index contributed by atoms with van der Waals surface area (Å²) in [6.07, 6.45) is 0. The first kappa shape index (κ1) is 12.2. The molecule has 1 aliphatic rings. The van der Waals surface area contributed by atoms with Gasteiger partial charge in [-0.25, -0.2) is 0 Å². The fourth-order valence-corrected chi connectivity index (χ4v) is 18.4. The van der Waals surface area contributed by atoms with Crippen LogP contribution >= 0.6 is 41.3 Å². The molecule has 68 valence electrons. The molecular formula is C6H9Cl3P2Zr. The molecule has 0 bridgehead atoms. The molecule has 1 aliphatic heterocycles. The molecule has 0 aromatic heterocycles. The molecule has 12 heavy (non-hydrogen) atoms. The van der Waals surface area contributed by atoms with Gasteiger partial charge in [-0.2, -0.15) is 0 Å². The van der Waals surface area contributed by atoms with Crippen molar-refractivity contribution in [2.24, 2.45) is 0 Å². The molecule has 0 amide bonds. The van der Waals surface area contributed by atoms with E-state index in [0.717, 1.165) is 0 Å². The summed E-state index contributed by atoms with van der Waals surface area (Å²) in [6, 6.07) is 0. The van der Waals surface area contributed by atoms with Crippen LogP contribution in [0.15, 0.2) is 10.9 Å². The summed E-state index contributed by atoms with van der Waals surface area (Å²) in [5, 5.41) is 1.38. The maximum atomic E-state index is 6.14. The van der Waals surface area contributed by atoms with Crippen LogP contribution in [0.1, 0.15) is 20.8 Å². The minimum absolute atomic E-state index is 0.0923. The van der Waals surface area contributed by atoms with Crippen LogP contribution in [0.5, 0.6) is 0 Å². The van der Waals surface area contributed by atoms with E-state index in [2.05, 4.69) is 20.8 Å². The molecule has 1 unspecified atom stereocenters. The van der Waals surface area contributed by atoms with Gasteiger partial charge in [0, 0.05) is 0 Å². The van der Waals surface area contributed by atoms with Crippen molar-refractivity contribution >= 4 is 41.3 Å². The van der Waals surface area contributed by atoms with Crippen LogP contribution in [-0.4, -0.2) is 2.86 Å². The van der Waals surface area contributed by atoms with E-state index in [1.54, 1.807) is 0 Å². The Kier molecular flexibility index (Phi) is 3.98. The van der Waals surface area contributed by atoms with Gasteiger partial charge in [-0.3, -0.25) is 0 Å². The van der Waals surface area contributed by atoms with E-state index in [9.17, 15) is 0 Å². The molecular weight excluding hydrogens is 332 g/mol. The summed E-state index contributed by atoms with van der Waals surface area (Å²) in [4.78, 5) is 0. The van der Waals surface area contributed by atoms with Crippen molar-refractivity contribution in [1.29, 1.82) is 0 Å². The van der Waals surface area contributed by atoms with Gasteiger partial charge in [0.25, 0.3) is 0 Å². The molecule has 0 aromatic rings. The van der Waals surface area contributed by atoms with Crippen LogP contribution in [0, 0.1) is 0 Å². The zero-order valence-electron chi connectivity index (χ0n) is 7.03. The average molecular weight is 341 g/mol. The van der Waals surface area contributed by atoms with Crippen LogP contribution in [0.3, 0.4) is 0 Å². The van der Waals surface area contributed by atoms with E-state index in [1.165, 1.54) is 26.6 Å². The first-order valence-electron chi connectivity index (χ1n) is 3.46. The Bertz CT molecular complexity index is 268. The van der Waals surface area contributed by atoms with Crippen LogP contribution in [0.4, 0.5) is 0 Å². The molecule has 1 heterocycles. The Morgan fingerprint density at radius 1 is 1.25 bits per heavy atom. The van der Waals surface area contributed by atoms with E-state index in [-0.39, 0.29) is 2.86 Å². The summed E-state index contributed by atoms with van der Waals surface area (Å²) >= 11 is -3.34. The van der Waals surface area contributed by atoms with Gasteiger partial charge in [-0.1, -0.05) is 0 Å². The van der Waals surface area contributed by atoms with Crippen LogP contribution in [0.25, 0.3) is 0 Å². The van der Waals surface area contributed by atoms with Gasteiger partial charge in [0.1, 0.15) is 0 Å². The maximum absolute atomic E-state index is 6.14. The fraction of sp³-hybridized carbons (Fsp3) is 0.667. The molecule has 0 fully saturated rings. The molecule has 0 nitrogen and oxygen atoms in total. The Hall–Kier alpha value is 2.09. The second kappa shape index (κ2) is 3.92. The summed E-state index contributed by atoms with van der Waals surface area (Å²) in [7, 11) is 21.0. The van der Waals surface area contributed by atoms with E-state index in [0.29, 0.717) is 0 Å². The molecule has 1 rings (SSSR count). The Morgan fingerprint density at radius 2 is 1.75 bits per heavy atom. The van der Waals surface area contributed by atoms with Crippen molar-refractivity contribution in [2.45, 2.75) is 23.6 Å². The average Bonchev–Trinajstić information content (AvgIpc) is 2.16. The third-order valence-electron chi connectivity index (χ3n) is 2.22. The topological polar surface area (TPSA) is 0 Å². The van der Waals surface area contributed by atoms with Gasteiger partial charge in [0.2, 0.25) is 0 Å². The summed E-state index contributed by atoms with van der Waals surface area (Å²) < 4.78 is -0.0923. The number of hydrogen-bond acceptors (Lipinski definition) is 0. The number of allylic oxidation sites excluding steroid dienone is 2. The first-order valence-corrected chi connectivity index (χ1v) is 16.7. The zero-order valence-corrected chi connectivity index (χ0v) is 13.5. The van der Waals surface area contributed by atoms with Gasteiger partial charge in [-0.05, 0) is 0 Å². The molecule has 0 aliphatic carbocycles. The van der Waals surface area contributed by atoms with Gasteiger partial charge >= 0.3 is 92.5 Å². The van der Waals surface area contributed by atoms with Gasteiger partial charge in [0.15, 0.2) is 0 Å². The summed E-state index contributed by atoms with van der Waals surface area (Å²) in [5.74, 6) is 0. The van der Waals surface area contributed by atoms with Crippen molar-refractivity contribution in [2.75, 3.05) is 0 Å². The normalized spacial score (nSPS) is 32.8. The molecule has 0 saturated heterocycles. The predicted molar refractivity (Wildman–Crippen MR) is 58.2 cm³/mol. The number of hydrogen-bond donors (Lipinski definition) is 0. The Morgan fingerprint density at radius 3 is 1.92 bits per heavy atom. The minimum atomic E-state index is -3.34. The van der Waals surface area contributed by atoms with E-state index in [1.807, 2.05) is 0 Å². The predicted octanol–water partition coefficient (Wildman–Crippen LogP) is 5.43. The van der Waals surface area contributed by atoms with Crippen LogP contribution in [-0.2, 0) is 16.7 Å². The van der Waals surface area contributed by atoms with E-state index in [4.69, 9.17) is 25.5 Å². The van der Waals surface area contributed by atoms with Crippen molar-refractivity contribution in [3.8, 4) is 0 Å². The Balaban J connectivity index is 3.13. The summed E-state index contributed by atoms with van der Waals surface area (Å²) in [6.45, 7) is 6.31. The van der Waals surface area contributed by atoms with Crippen molar-refractivity contribution in [3.63, 3.8) is 0 Å². The SMILES string of the molecule is CC1=C(C)[C](C)([Zr]([Cl])([Cl])[Cl])P=P1. The molecule has 0 saturated carbocycles. The summed E-state index contributed by atoms with van der Waals surface area (Å²) in [5.41, 5.74) is 1.31.